The smallest absolute Gasteiger partial charge is 0.330 e. The number of nitrogen functional groups attached to an aromatic ring is 4. The first kappa shape index (κ1) is 7.25. The van der Waals surface area contributed by atoms with Crippen molar-refractivity contribution in [1.29, 1.82) is 0 Å². The fourth-order valence-electron chi connectivity index (χ4n) is 0.563. The van der Waals surface area contributed by atoms with Gasteiger partial charge in [0.15, 0.2) is 0 Å². The second kappa shape index (κ2) is 2.08. The molecule has 10 heavy (non-hydrogen) atoms. The zero-order valence-electron chi connectivity index (χ0n) is 5.08. The lowest BCUT2D eigenvalue weighted by atomic mass is 10.8. The van der Waals surface area contributed by atoms with Crippen molar-refractivity contribution in [1.82, 2.24) is 4.68 Å². The number of aromatic nitrogens is 2. The van der Waals surface area contributed by atoms with Crippen LogP contribution >= 0.6 is 22.6 Å². The second-order valence-electron chi connectivity index (χ2n) is 1.77. The monoisotopic (exact) mass is 255 g/mol. The van der Waals surface area contributed by atoms with Gasteiger partial charge in [0.25, 0.3) is 5.82 Å². The predicted molar refractivity (Wildman–Crippen MR) is 46.5 cm³/mol. The maximum atomic E-state index is 5.45. The third kappa shape index (κ3) is 0.735. The maximum absolute atomic E-state index is 5.45. The molecule has 0 spiro atoms. The minimum absolute atomic E-state index is 0.224. The van der Waals surface area contributed by atoms with E-state index in [4.69, 9.17) is 23.2 Å². The molecule has 1 rings (SSSR count). The van der Waals surface area contributed by atoms with E-state index in [1.54, 1.807) is 0 Å². The first-order valence-corrected chi connectivity index (χ1v) is 3.51. The number of nitrogens with zero attached hydrogens (tertiary/aromatic N) is 2. The zero-order valence-corrected chi connectivity index (χ0v) is 7.24. The molecule has 0 radical (unpaired) electrons. The van der Waals surface area contributed by atoms with Crippen LogP contribution in [-0.2, 0) is 0 Å². The fraction of sp³-hybridized carbons (Fsp3) is 0. The SMILES string of the molecule is Nc1c(I)n(N)c(N)[n+]1N. The normalized spacial score (nSPS) is 10.1. The molecule has 1 aromatic rings. The molecule has 0 aliphatic heterocycles. The maximum Gasteiger partial charge on any atom is 0.358 e. The number of halogens is 1. The van der Waals surface area contributed by atoms with Gasteiger partial charge in [-0.25, -0.2) is 0 Å². The van der Waals surface area contributed by atoms with E-state index in [0.717, 1.165) is 4.68 Å². The van der Waals surface area contributed by atoms with E-state index in [2.05, 4.69) is 0 Å². The summed E-state index contributed by atoms with van der Waals surface area (Å²) in [6, 6.07) is 0. The molecule has 56 valence electrons. The Bertz CT molecular complexity index is 184. The molecule has 0 aliphatic carbocycles. The zero-order chi connectivity index (χ0) is 7.89. The first-order chi connectivity index (χ1) is 4.55. The Balaban J connectivity index is 3.44. The lowest BCUT2D eigenvalue weighted by Crippen LogP contribution is -2.48. The molecule has 0 saturated heterocycles. The van der Waals surface area contributed by atoms with E-state index >= 15 is 0 Å². The Kier molecular flexibility index (Phi) is 1.50. The third-order valence-corrected chi connectivity index (χ3v) is 2.25. The van der Waals surface area contributed by atoms with Gasteiger partial charge in [-0.2, -0.15) is 0 Å². The van der Waals surface area contributed by atoms with Crippen molar-refractivity contribution in [2.24, 2.45) is 0 Å². The number of anilines is 2. The molecule has 0 amide bonds. The highest BCUT2D eigenvalue weighted by Crippen LogP contribution is 2.10. The van der Waals surface area contributed by atoms with Crippen molar-refractivity contribution in [3.05, 3.63) is 3.70 Å². The van der Waals surface area contributed by atoms with Gasteiger partial charge in [0, 0.05) is 0 Å². The summed E-state index contributed by atoms with van der Waals surface area (Å²) in [5, 5.41) is 0. The first-order valence-electron chi connectivity index (χ1n) is 2.43. The molecule has 0 aromatic carbocycles. The summed E-state index contributed by atoms with van der Waals surface area (Å²) < 4.78 is 2.97. The van der Waals surface area contributed by atoms with Crippen LogP contribution in [0.25, 0.3) is 0 Å². The van der Waals surface area contributed by atoms with Gasteiger partial charge in [0.2, 0.25) is 3.70 Å². The summed E-state index contributed by atoms with van der Waals surface area (Å²) in [5.41, 5.74) is 10.8. The Morgan fingerprint density at radius 1 is 1.40 bits per heavy atom. The number of hydrogen-bond donors (Lipinski definition) is 4. The van der Waals surface area contributed by atoms with Crippen molar-refractivity contribution in [3.63, 3.8) is 0 Å². The highest BCUT2D eigenvalue weighted by molar-refractivity contribution is 14.1. The van der Waals surface area contributed by atoms with Gasteiger partial charge in [-0.3, -0.25) is 11.7 Å². The summed E-state index contributed by atoms with van der Waals surface area (Å²) in [7, 11) is 0. The van der Waals surface area contributed by atoms with Crippen LogP contribution < -0.4 is 27.8 Å². The predicted octanol–water partition coefficient (Wildman–Crippen LogP) is -2.03. The van der Waals surface area contributed by atoms with Crippen molar-refractivity contribution < 1.29 is 4.68 Å². The van der Waals surface area contributed by atoms with E-state index in [1.807, 2.05) is 22.6 Å². The Hall–Kier alpha value is -0.860. The Morgan fingerprint density at radius 2 is 1.90 bits per heavy atom. The van der Waals surface area contributed by atoms with Gasteiger partial charge >= 0.3 is 5.95 Å². The van der Waals surface area contributed by atoms with Crippen molar-refractivity contribution in [3.8, 4) is 0 Å². The van der Waals surface area contributed by atoms with Crippen molar-refractivity contribution >= 4 is 34.4 Å². The molecule has 6 nitrogen and oxygen atoms in total. The van der Waals surface area contributed by atoms with Crippen LogP contribution in [0, 0.1) is 3.70 Å². The summed E-state index contributed by atoms with van der Waals surface area (Å²) in [4.78, 5) is 0. The molecule has 1 heterocycles. The van der Waals surface area contributed by atoms with E-state index < -0.39 is 0 Å². The van der Waals surface area contributed by atoms with Gasteiger partial charge in [-0.1, -0.05) is 0 Å². The number of rotatable bonds is 0. The van der Waals surface area contributed by atoms with Crippen LogP contribution in [0.3, 0.4) is 0 Å². The van der Waals surface area contributed by atoms with E-state index in [-0.39, 0.29) is 5.95 Å². The molecular weight excluding hydrogens is 247 g/mol. The standard InChI is InChI=1S/C3H7IN6/c4-1-2(5)10(8)3(6)9(1)7/h6H,5,7-8H2/p+1. The van der Waals surface area contributed by atoms with Gasteiger partial charge < -0.3 is 11.5 Å². The highest BCUT2D eigenvalue weighted by atomic mass is 127. The molecule has 8 N–H and O–H groups in total. The quantitative estimate of drug-likeness (QED) is 0.243. The molecule has 0 fully saturated rings. The Morgan fingerprint density at radius 3 is 2.00 bits per heavy atom. The minimum Gasteiger partial charge on any atom is -0.330 e. The van der Waals surface area contributed by atoms with Crippen molar-refractivity contribution in [2.45, 2.75) is 0 Å². The summed E-state index contributed by atoms with van der Waals surface area (Å²) in [5.74, 6) is 11.4. The molecule has 7 heteroatoms. The highest BCUT2D eigenvalue weighted by Gasteiger charge is 2.18. The van der Waals surface area contributed by atoms with Crippen molar-refractivity contribution in [2.75, 3.05) is 23.2 Å². The van der Waals surface area contributed by atoms with Crippen LogP contribution in [0.4, 0.5) is 11.8 Å². The Labute approximate surface area is 70.8 Å². The van der Waals surface area contributed by atoms with E-state index in [1.165, 1.54) is 4.68 Å². The number of imidazole rings is 1. The second-order valence-corrected chi connectivity index (χ2v) is 2.80. The molecule has 0 aliphatic rings. The summed E-state index contributed by atoms with van der Waals surface area (Å²) >= 11 is 1.95. The largest absolute Gasteiger partial charge is 0.358 e. The van der Waals surface area contributed by atoms with E-state index in [0.29, 0.717) is 9.52 Å². The van der Waals surface area contributed by atoms with Crippen LogP contribution in [0.1, 0.15) is 0 Å². The lowest BCUT2D eigenvalue weighted by Gasteiger charge is -1.88. The lowest BCUT2D eigenvalue weighted by molar-refractivity contribution is -0.608. The number of hydrogen-bond acceptors (Lipinski definition) is 4. The van der Waals surface area contributed by atoms with Crippen LogP contribution in [0.2, 0.25) is 0 Å². The van der Waals surface area contributed by atoms with Gasteiger partial charge in [0.1, 0.15) is 0 Å². The minimum atomic E-state index is 0.224. The van der Waals surface area contributed by atoms with Crippen LogP contribution in [-0.4, -0.2) is 4.68 Å². The summed E-state index contributed by atoms with van der Waals surface area (Å²) in [6.07, 6.45) is 0. The third-order valence-electron chi connectivity index (χ3n) is 1.18. The van der Waals surface area contributed by atoms with Gasteiger partial charge in [-0.05, 0) is 22.6 Å². The van der Waals surface area contributed by atoms with Gasteiger partial charge in [0.05, 0.1) is 0 Å². The fourth-order valence-corrected chi connectivity index (χ4v) is 1.07. The van der Waals surface area contributed by atoms with E-state index in [9.17, 15) is 0 Å². The van der Waals surface area contributed by atoms with Crippen LogP contribution in [0.5, 0.6) is 0 Å². The van der Waals surface area contributed by atoms with Crippen LogP contribution in [0.15, 0.2) is 0 Å². The molecule has 0 unspecified atom stereocenters. The molecular formula is C3H8IN6+. The average Bonchev–Trinajstić information content (AvgIpc) is 2.07. The van der Waals surface area contributed by atoms with Gasteiger partial charge in [-0.15, -0.1) is 9.35 Å². The number of nitrogens with two attached hydrogens (primary N) is 4. The summed E-state index contributed by atoms with van der Waals surface area (Å²) in [6.45, 7) is 0. The molecule has 1 aromatic heterocycles. The topological polar surface area (TPSA) is 113 Å². The molecule has 0 atom stereocenters. The molecule has 0 bridgehead atoms. The molecule has 0 saturated carbocycles. The average molecular weight is 255 g/mol.